The van der Waals surface area contributed by atoms with Crippen LogP contribution >= 0.6 is 15.9 Å². The van der Waals surface area contributed by atoms with Crippen LogP contribution in [-0.4, -0.2) is 37.2 Å². The van der Waals surface area contributed by atoms with Crippen molar-refractivity contribution >= 4 is 28.0 Å². The summed E-state index contributed by atoms with van der Waals surface area (Å²) in [5.41, 5.74) is 0.793. The van der Waals surface area contributed by atoms with Crippen molar-refractivity contribution in [3.63, 3.8) is 0 Å². The van der Waals surface area contributed by atoms with Gasteiger partial charge in [-0.25, -0.2) is 4.79 Å². The van der Waals surface area contributed by atoms with Gasteiger partial charge in [-0.2, -0.15) is 0 Å². The van der Waals surface area contributed by atoms with Crippen LogP contribution in [0.2, 0.25) is 0 Å². The van der Waals surface area contributed by atoms with Gasteiger partial charge in [0, 0.05) is 23.9 Å². The highest BCUT2D eigenvalue weighted by Crippen LogP contribution is 2.13. The molecule has 0 atom stereocenters. The molecule has 0 fully saturated rings. The number of rotatable bonds is 26. The number of ether oxygens (including phenoxy) is 2. The van der Waals surface area contributed by atoms with Crippen molar-refractivity contribution < 1.29 is 19.1 Å². The smallest absolute Gasteiger partial charge is 0.407 e. The van der Waals surface area contributed by atoms with Crippen molar-refractivity contribution in [2.24, 2.45) is 0 Å². The van der Waals surface area contributed by atoms with Gasteiger partial charge in [-0.05, 0) is 26.2 Å². The van der Waals surface area contributed by atoms with Gasteiger partial charge in [0.2, 0.25) is 0 Å². The molecule has 0 rings (SSSR count). The minimum atomic E-state index is -0.406. The molecule has 0 bridgehead atoms. The molecule has 0 unspecified atom stereocenters. The average Bonchev–Trinajstić information content (AvgIpc) is 2.88. The van der Waals surface area contributed by atoms with E-state index >= 15 is 0 Å². The maximum Gasteiger partial charge on any atom is 0.407 e. The van der Waals surface area contributed by atoms with Crippen LogP contribution in [0.25, 0.3) is 0 Å². The predicted octanol–water partition coefficient (Wildman–Crippen LogP) is 9.42. The lowest BCUT2D eigenvalue weighted by Gasteiger charge is -2.10. The van der Waals surface area contributed by atoms with E-state index in [1.165, 1.54) is 89.9 Å². The third-order valence-electron chi connectivity index (χ3n) is 6.53. The molecule has 0 radical (unpaired) electrons. The number of carbonyl (C=O) groups excluding carboxylic acids is 2. The van der Waals surface area contributed by atoms with E-state index in [0.717, 1.165) is 43.0 Å². The van der Waals surface area contributed by atoms with Gasteiger partial charge in [0.05, 0.1) is 0 Å². The van der Waals surface area contributed by atoms with Crippen molar-refractivity contribution in [2.75, 3.05) is 25.1 Å². The highest BCUT2D eigenvalue weighted by atomic mass is 79.9. The Bertz CT molecular complexity index is 539. The van der Waals surface area contributed by atoms with Crippen LogP contribution in [0.5, 0.6) is 0 Å². The number of unbranched alkanes of at least 4 members (excludes halogenated alkanes) is 17. The molecule has 5 nitrogen and oxygen atoms in total. The molecule has 0 aromatic heterocycles. The number of hydrogen-bond acceptors (Lipinski definition) is 4. The fourth-order valence-electron chi connectivity index (χ4n) is 4.07. The van der Waals surface area contributed by atoms with Gasteiger partial charge >= 0.3 is 12.1 Å². The molecule has 0 aliphatic rings. The van der Waals surface area contributed by atoms with E-state index < -0.39 is 6.09 Å². The molecule has 0 aromatic rings. The van der Waals surface area contributed by atoms with Gasteiger partial charge in [-0.3, -0.25) is 4.79 Å². The zero-order valence-electron chi connectivity index (χ0n) is 23.6. The lowest BCUT2D eigenvalue weighted by molar-refractivity contribution is -0.142. The van der Waals surface area contributed by atoms with Crippen LogP contribution < -0.4 is 5.32 Å². The fraction of sp³-hybridized carbons (Fsp3) is 0.867. The molecule has 36 heavy (non-hydrogen) atoms. The summed E-state index contributed by atoms with van der Waals surface area (Å²) in [4.78, 5) is 23.7. The first-order valence-electron chi connectivity index (χ1n) is 14.9. The minimum Gasteiger partial charge on any atom is -0.461 e. The molecule has 0 heterocycles. The maximum absolute atomic E-state index is 11.9. The second-order valence-corrected chi connectivity index (χ2v) is 10.7. The molecule has 0 aromatic carbocycles. The zero-order chi connectivity index (χ0) is 26.5. The van der Waals surface area contributed by atoms with Gasteiger partial charge in [-0.15, -0.1) is 0 Å². The van der Waals surface area contributed by atoms with Crippen LogP contribution in [0.3, 0.4) is 0 Å². The lowest BCUT2D eigenvalue weighted by Crippen LogP contribution is -2.26. The first-order chi connectivity index (χ1) is 17.6. The van der Waals surface area contributed by atoms with Gasteiger partial charge < -0.3 is 14.8 Å². The summed E-state index contributed by atoms with van der Waals surface area (Å²) in [6.45, 7) is 5.11. The van der Waals surface area contributed by atoms with Crippen molar-refractivity contribution in [2.45, 2.75) is 142 Å². The maximum atomic E-state index is 11.9. The van der Waals surface area contributed by atoms with E-state index in [1.807, 2.05) is 13.0 Å². The van der Waals surface area contributed by atoms with Crippen LogP contribution in [0, 0.1) is 0 Å². The van der Waals surface area contributed by atoms with E-state index in [2.05, 4.69) is 28.2 Å². The Morgan fingerprint density at radius 3 is 1.64 bits per heavy atom. The Morgan fingerprint density at radius 2 is 1.14 bits per heavy atom. The monoisotopic (exact) mass is 573 g/mol. The van der Waals surface area contributed by atoms with Crippen LogP contribution in [-0.2, 0) is 14.3 Å². The van der Waals surface area contributed by atoms with Gasteiger partial charge in [0.15, 0.2) is 0 Å². The Balaban J connectivity index is 3.46. The molecule has 1 amide bonds. The van der Waals surface area contributed by atoms with Crippen LogP contribution in [0.1, 0.15) is 142 Å². The number of allylic oxidation sites excluding steroid dienone is 1. The van der Waals surface area contributed by atoms with E-state index in [4.69, 9.17) is 9.47 Å². The van der Waals surface area contributed by atoms with Gasteiger partial charge in [-0.1, -0.05) is 132 Å². The third kappa shape index (κ3) is 26.0. The number of amides is 1. The number of alkyl carbamates (subject to hydrolysis) is 1. The van der Waals surface area contributed by atoms with Gasteiger partial charge in [0.1, 0.15) is 13.2 Å². The molecular weight excluding hydrogens is 518 g/mol. The molecule has 0 saturated heterocycles. The number of alkyl halides is 1. The second kappa shape index (κ2) is 28.5. The number of carbonyl (C=O) groups is 2. The van der Waals surface area contributed by atoms with Crippen molar-refractivity contribution in [3.05, 3.63) is 11.6 Å². The van der Waals surface area contributed by atoms with Crippen molar-refractivity contribution in [3.8, 4) is 0 Å². The third-order valence-corrected chi connectivity index (χ3v) is 7.09. The van der Waals surface area contributed by atoms with Crippen molar-refractivity contribution in [1.82, 2.24) is 5.32 Å². The summed E-state index contributed by atoms with van der Waals surface area (Å²) in [6.07, 6.45) is 26.2. The van der Waals surface area contributed by atoms with E-state index in [1.54, 1.807) is 0 Å². The largest absolute Gasteiger partial charge is 0.461 e. The normalized spacial score (nSPS) is 11.5. The second-order valence-electron chi connectivity index (χ2n) is 9.91. The minimum absolute atomic E-state index is 0.151. The van der Waals surface area contributed by atoms with Crippen molar-refractivity contribution in [1.29, 1.82) is 0 Å². The predicted molar refractivity (Wildman–Crippen MR) is 156 cm³/mol. The number of halogens is 1. The Labute approximate surface area is 231 Å². The summed E-state index contributed by atoms with van der Waals surface area (Å²) >= 11 is 3.38. The summed E-state index contributed by atoms with van der Waals surface area (Å²) < 4.78 is 10.5. The van der Waals surface area contributed by atoms with E-state index in [9.17, 15) is 9.59 Å². The Kier molecular flexibility index (Phi) is 27.7. The Morgan fingerprint density at radius 1 is 0.667 bits per heavy atom. The molecule has 6 heteroatoms. The highest BCUT2D eigenvalue weighted by Gasteiger charge is 2.07. The quantitative estimate of drug-likeness (QED) is 0.0484. The summed E-state index contributed by atoms with van der Waals surface area (Å²) in [7, 11) is 0. The van der Waals surface area contributed by atoms with Gasteiger partial charge in [0.25, 0.3) is 0 Å². The topological polar surface area (TPSA) is 64.6 Å². The van der Waals surface area contributed by atoms with E-state index in [-0.39, 0.29) is 19.2 Å². The molecule has 0 aliphatic heterocycles. The van der Waals surface area contributed by atoms with Crippen LogP contribution in [0.15, 0.2) is 11.6 Å². The summed E-state index contributed by atoms with van der Waals surface area (Å²) in [5.74, 6) is -0.197. The molecule has 1 N–H and O–H groups in total. The average molecular weight is 575 g/mol. The fourth-order valence-corrected chi connectivity index (χ4v) is 4.46. The van der Waals surface area contributed by atoms with Crippen LogP contribution in [0.4, 0.5) is 4.79 Å². The lowest BCUT2D eigenvalue weighted by atomic mass is 10.0. The Hall–Kier alpha value is -1.04. The summed E-state index contributed by atoms with van der Waals surface area (Å²) in [5, 5.41) is 3.78. The molecular formula is C30H56BrNO4. The molecule has 0 spiro atoms. The number of esters is 1. The first-order valence-corrected chi connectivity index (χ1v) is 16.0. The summed E-state index contributed by atoms with van der Waals surface area (Å²) in [6, 6.07) is 0. The molecule has 212 valence electrons. The number of hydrogen-bond donors (Lipinski definition) is 1. The van der Waals surface area contributed by atoms with E-state index in [0.29, 0.717) is 13.0 Å². The number of nitrogens with one attached hydrogen (secondary N) is 1. The first kappa shape index (κ1) is 35.0. The zero-order valence-corrected chi connectivity index (χ0v) is 25.1. The standard InChI is InChI=1S/C30H56BrNO4/c1-3-5-6-7-8-9-10-11-12-13-14-15-16-17-18-22-25-32-30(34)36-27-28(4-2)26-35-29(33)23-20-19-21-24-31/h4H,3,5-27H2,1-2H3,(H,32,34). The highest BCUT2D eigenvalue weighted by molar-refractivity contribution is 9.09. The molecule has 0 saturated carbocycles. The molecule has 0 aliphatic carbocycles. The SMILES string of the molecule is CC=C(COC(=O)CCCCCBr)COC(=O)NCCCCCCCCCCCCCCCCCC.